The molecule has 0 saturated heterocycles. The smallest absolute Gasteiger partial charge is 0.344 e. The van der Waals surface area contributed by atoms with Gasteiger partial charge in [0.2, 0.25) is 0 Å². The number of halogens is 1. The van der Waals surface area contributed by atoms with Crippen LogP contribution in [0.4, 0.5) is 5.69 Å². The lowest BCUT2D eigenvalue weighted by atomic mass is 10.1. The van der Waals surface area contributed by atoms with E-state index in [0.717, 1.165) is 16.7 Å². The fourth-order valence-corrected chi connectivity index (χ4v) is 2.37. The third-order valence-corrected chi connectivity index (χ3v) is 4.21. The van der Waals surface area contributed by atoms with Crippen molar-refractivity contribution in [2.24, 2.45) is 0 Å². The molecule has 1 atom stereocenters. The number of carbonyl (C=O) groups excluding carboxylic acids is 2. The molecule has 2 aromatic rings. The first-order valence-corrected chi connectivity index (χ1v) is 8.60. The molecule has 0 aliphatic rings. The number of benzene rings is 2. The van der Waals surface area contributed by atoms with E-state index in [2.05, 4.69) is 5.32 Å². The summed E-state index contributed by atoms with van der Waals surface area (Å²) < 4.78 is 10.5. The van der Waals surface area contributed by atoms with Crippen molar-refractivity contribution in [3.05, 3.63) is 58.1 Å². The van der Waals surface area contributed by atoms with Gasteiger partial charge in [-0.05, 0) is 68.7 Å². The van der Waals surface area contributed by atoms with Crippen molar-refractivity contribution in [2.75, 3.05) is 11.9 Å². The zero-order chi connectivity index (χ0) is 19.3. The van der Waals surface area contributed by atoms with E-state index in [1.165, 1.54) is 6.92 Å². The summed E-state index contributed by atoms with van der Waals surface area (Å²) in [5.41, 5.74) is 3.65. The summed E-state index contributed by atoms with van der Waals surface area (Å²) in [5.74, 6) is -0.472. The summed E-state index contributed by atoms with van der Waals surface area (Å²) in [5, 5.41) is 3.21. The standard InChI is InChI=1S/C20H22ClNO4/c1-12-6-8-17(9-14(12)3)25-11-19(23)26-15(4)20(24)22-18-10-16(21)7-5-13(18)2/h5-10,15H,11H2,1-4H3,(H,22,24)/t15-/m1/s1. The molecule has 6 heteroatoms. The first-order chi connectivity index (χ1) is 12.3. The lowest BCUT2D eigenvalue weighted by Crippen LogP contribution is -2.31. The predicted octanol–water partition coefficient (Wildman–Crippen LogP) is 4.21. The Hall–Kier alpha value is -2.53. The first kappa shape index (κ1) is 19.8. The van der Waals surface area contributed by atoms with E-state index in [4.69, 9.17) is 21.1 Å². The van der Waals surface area contributed by atoms with Crippen LogP contribution in [0, 0.1) is 20.8 Å². The molecule has 0 radical (unpaired) electrons. The lowest BCUT2D eigenvalue weighted by molar-refractivity contribution is -0.155. The Morgan fingerprint density at radius 3 is 2.42 bits per heavy atom. The van der Waals surface area contributed by atoms with Crippen molar-refractivity contribution >= 4 is 29.2 Å². The highest BCUT2D eigenvalue weighted by atomic mass is 35.5. The largest absolute Gasteiger partial charge is 0.482 e. The van der Waals surface area contributed by atoms with Crippen LogP contribution in [0.3, 0.4) is 0 Å². The summed E-state index contributed by atoms with van der Waals surface area (Å²) in [6.45, 7) is 7.04. The monoisotopic (exact) mass is 375 g/mol. The highest BCUT2D eigenvalue weighted by molar-refractivity contribution is 6.31. The van der Waals surface area contributed by atoms with Gasteiger partial charge in [0.1, 0.15) is 5.75 Å². The number of amides is 1. The minimum Gasteiger partial charge on any atom is -0.482 e. The molecule has 138 valence electrons. The van der Waals surface area contributed by atoms with E-state index in [9.17, 15) is 9.59 Å². The van der Waals surface area contributed by atoms with Crippen molar-refractivity contribution in [3.8, 4) is 5.75 Å². The third-order valence-electron chi connectivity index (χ3n) is 3.97. The molecule has 0 aromatic heterocycles. The van der Waals surface area contributed by atoms with Gasteiger partial charge in [0, 0.05) is 10.7 Å². The summed E-state index contributed by atoms with van der Waals surface area (Å²) in [7, 11) is 0. The van der Waals surface area contributed by atoms with Gasteiger partial charge in [-0.25, -0.2) is 4.79 Å². The fourth-order valence-electron chi connectivity index (χ4n) is 2.19. The average molecular weight is 376 g/mol. The van der Waals surface area contributed by atoms with Gasteiger partial charge < -0.3 is 14.8 Å². The normalized spacial score (nSPS) is 11.6. The zero-order valence-electron chi connectivity index (χ0n) is 15.3. The van der Waals surface area contributed by atoms with Crippen LogP contribution >= 0.6 is 11.6 Å². The molecule has 0 bridgehead atoms. The maximum atomic E-state index is 12.2. The molecule has 5 nitrogen and oxygen atoms in total. The Kier molecular flexibility index (Phi) is 6.64. The summed E-state index contributed by atoms with van der Waals surface area (Å²) >= 11 is 5.93. The first-order valence-electron chi connectivity index (χ1n) is 8.23. The van der Waals surface area contributed by atoms with E-state index >= 15 is 0 Å². The molecule has 26 heavy (non-hydrogen) atoms. The van der Waals surface area contributed by atoms with Crippen LogP contribution in [0.1, 0.15) is 23.6 Å². The van der Waals surface area contributed by atoms with Gasteiger partial charge in [0.15, 0.2) is 12.7 Å². The molecule has 0 heterocycles. The minimum atomic E-state index is -0.954. The molecule has 0 spiro atoms. The van der Waals surface area contributed by atoms with Crippen molar-refractivity contribution in [1.29, 1.82) is 0 Å². The number of anilines is 1. The predicted molar refractivity (Wildman–Crippen MR) is 102 cm³/mol. The molecule has 2 aromatic carbocycles. The molecule has 0 saturated carbocycles. The van der Waals surface area contributed by atoms with Gasteiger partial charge in [0.05, 0.1) is 0 Å². The summed E-state index contributed by atoms with van der Waals surface area (Å²) in [6.07, 6.45) is -0.954. The molecular formula is C20H22ClNO4. The second-order valence-electron chi connectivity index (χ2n) is 6.12. The highest BCUT2D eigenvalue weighted by Gasteiger charge is 2.19. The van der Waals surface area contributed by atoms with Gasteiger partial charge in [-0.15, -0.1) is 0 Å². The number of rotatable bonds is 6. The van der Waals surface area contributed by atoms with Gasteiger partial charge in [0.25, 0.3) is 5.91 Å². The van der Waals surface area contributed by atoms with Crippen LogP contribution in [0.15, 0.2) is 36.4 Å². The topological polar surface area (TPSA) is 64.6 Å². The highest BCUT2D eigenvalue weighted by Crippen LogP contribution is 2.20. The van der Waals surface area contributed by atoms with Crippen molar-refractivity contribution in [3.63, 3.8) is 0 Å². The molecule has 0 unspecified atom stereocenters. The van der Waals surface area contributed by atoms with E-state index in [0.29, 0.717) is 16.5 Å². The quantitative estimate of drug-likeness (QED) is 0.768. The van der Waals surface area contributed by atoms with E-state index in [1.807, 2.05) is 32.9 Å². The number of nitrogens with one attached hydrogen (secondary N) is 1. The van der Waals surface area contributed by atoms with Gasteiger partial charge in [-0.3, -0.25) is 4.79 Å². The van der Waals surface area contributed by atoms with E-state index < -0.39 is 18.0 Å². The Labute approximate surface area is 158 Å². The number of hydrogen-bond acceptors (Lipinski definition) is 4. The molecular weight excluding hydrogens is 354 g/mol. The SMILES string of the molecule is Cc1ccc(OCC(=O)O[C@H](C)C(=O)Nc2cc(Cl)ccc2C)cc1C. The van der Waals surface area contributed by atoms with Gasteiger partial charge in [-0.1, -0.05) is 23.7 Å². The fraction of sp³-hybridized carbons (Fsp3) is 0.300. The van der Waals surface area contributed by atoms with Crippen LogP contribution in [-0.4, -0.2) is 24.6 Å². The van der Waals surface area contributed by atoms with Crippen molar-refractivity contribution in [2.45, 2.75) is 33.8 Å². The summed E-state index contributed by atoms with van der Waals surface area (Å²) in [4.78, 5) is 24.1. The molecule has 0 aliphatic carbocycles. The number of hydrogen-bond donors (Lipinski definition) is 1. The maximum absolute atomic E-state index is 12.2. The Balaban J connectivity index is 1.86. The second kappa shape index (κ2) is 8.72. The van der Waals surface area contributed by atoms with Crippen molar-refractivity contribution < 1.29 is 19.1 Å². The number of carbonyl (C=O) groups is 2. The van der Waals surface area contributed by atoms with E-state index in [-0.39, 0.29) is 6.61 Å². The van der Waals surface area contributed by atoms with Crippen LogP contribution in [0.5, 0.6) is 5.75 Å². The van der Waals surface area contributed by atoms with Crippen molar-refractivity contribution in [1.82, 2.24) is 0 Å². The van der Waals surface area contributed by atoms with Gasteiger partial charge >= 0.3 is 5.97 Å². The molecule has 1 amide bonds. The van der Waals surface area contributed by atoms with Crippen LogP contribution in [-0.2, 0) is 14.3 Å². The molecule has 0 aliphatic heterocycles. The van der Waals surface area contributed by atoms with E-state index in [1.54, 1.807) is 24.3 Å². The zero-order valence-corrected chi connectivity index (χ0v) is 16.0. The van der Waals surface area contributed by atoms with Crippen LogP contribution in [0.25, 0.3) is 0 Å². The second-order valence-corrected chi connectivity index (χ2v) is 6.55. The van der Waals surface area contributed by atoms with Crippen LogP contribution in [0.2, 0.25) is 5.02 Å². The minimum absolute atomic E-state index is 0.268. The number of esters is 1. The molecule has 0 fully saturated rings. The Morgan fingerprint density at radius 2 is 1.73 bits per heavy atom. The Bertz CT molecular complexity index is 819. The molecule has 1 N–H and O–H groups in total. The third kappa shape index (κ3) is 5.49. The maximum Gasteiger partial charge on any atom is 0.344 e. The summed E-state index contributed by atoms with van der Waals surface area (Å²) in [6, 6.07) is 10.7. The number of aryl methyl sites for hydroxylation is 3. The number of ether oxygens (including phenoxy) is 2. The van der Waals surface area contributed by atoms with Gasteiger partial charge in [-0.2, -0.15) is 0 Å². The average Bonchev–Trinajstić information content (AvgIpc) is 2.59. The Morgan fingerprint density at radius 1 is 1.04 bits per heavy atom. The van der Waals surface area contributed by atoms with Crippen LogP contribution < -0.4 is 10.1 Å². The molecule has 2 rings (SSSR count). The lowest BCUT2D eigenvalue weighted by Gasteiger charge is -2.15.